The molecule has 0 aliphatic carbocycles. The number of nitrogens with one attached hydrogen (secondary N) is 1. The van der Waals surface area contributed by atoms with Crippen molar-refractivity contribution in [2.75, 3.05) is 5.32 Å². The summed E-state index contributed by atoms with van der Waals surface area (Å²) in [5.41, 5.74) is 7.91. The van der Waals surface area contributed by atoms with Gasteiger partial charge in [0.25, 0.3) is 5.91 Å². The van der Waals surface area contributed by atoms with Crippen LogP contribution in [-0.4, -0.2) is 16.0 Å². The van der Waals surface area contributed by atoms with Crippen molar-refractivity contribution in [1.29, 1.82) is 0 Å². The van der Waals surface area contributed by atoms with Gasteiger partial charge in [-0.2, -0.15) is 0 Å². The third-order valence-corrected chi connectivity index (χ3v) is 3.04. The number of aromatic hydroxyl groups is 1. The van der Waals surface area contributed by atoms with Gasteiger partial charge in [-0.1, -0.05) is 36.0 Å². The molecular weight excluding hydrogens is 272 g/mol. The van der Waals surface area contributed by atoms with Gasteiger partial charge in [-0.15, -0.1) is 0 Å². The summed E-state index contributed by atoms with van der Waals surface area (Å²) in [7, 11) is 0. The highest BCUT2D eigenvalue weighted by molar-refractivity contribution is 7.80. The Morgan fingerprint density at radius 2 is 2.00 bits per heavy atom. The van der Waals surface area contributed by atoms with Crippen LogP contribution in [0.4, 0.5) is 5.69 Å². The van der Waals surface area contributed by atoms with Gasteiger partial charge in [0.1, 0.15) is 10.7 Å². The highest BCUT2D eigenvalue weighted by atomic mass is 32.1. The second-order valence-corrected chi connectivity index (χ2v) is 4.86. The van der Waals surface area contributed by atoms with Crippen LogP contribution in [0, 0.1) is 6.92 Å². The number of hydrogen-bond donors (Lipinski definition) is 3. The van der Waals surface area contributed by atoms with E-state index >= 15 is 0 Å². The standard InChI is InChI=1S/C15H14N2O2S/c1-9-5-6-13(18)12(7-9)15(19)17-11-4-2-3-10(8-11)14(16)20/h2-8,18H,1H3,(H2,16,20)(H,17,19). The van der Waals surface area contributed by atoms with Gasteiger partial charge in [0.05, 0.1) is 5.56 Å². The molecule has 4 N–H and O–H groups in total. The van der Waals surface area contributed by atoms with Gasteiger partial charge in [-0.25, -0.2) is 0 Å². The van der Waals surface area contributed by atoms with Crippen molar-refractivity contribution in [2.24, 2.45) is 5.73 Å². The van der Waals surface area contributed by atoms with Crippen molar-refractivity contribution >= 4 is 28.8 Å². The Balaban J connectivity index is 2.25. The number of anilines is 1. The van der Waals surface area contributed by atoms with Crippen LogP contribution in [0.3, 0.4) is 0 Å². The van der Waals surface area contributed by atoms with Crippen LogP contribution in [0.15, 0.2) is 42.5 Å². The number of nitrogens with two attached hydrogens (primary N) is 1. The minimum absolute atomic E-state index is 0.0569. The van der Waals surface area contributed by atoms with E-state index in [1.165, 1.54) is 6.07 Å². The SMILES string of the molecule is Cc1ccc(O)c(C(=O)Nc2cccc(C(N)=S)c2)c1. The van der Waals surface area contributed by atoms with Crippen LogP contribution in [-0.2, 0) is 0 Å². The number of benzene rings is 2. The number of aryl methyl sites for hydroxylation is 1. The predicted octanol–water partition coefficient (Wildman–Crippen LogP) is 2.59. The molecule has 0 atom stereocenters. The molecule has 0 aliphatic rings. The van der Waals surface area contributed by atoms with Crippen molar-refractivity contribution in [2.45, 2.75) is 6.92 Å². The van der Waals surface area contributed by atoms with E-state index in [9.17, 15) is 9.90 Å². The largest absolute Gasteiger partial charge is 0.507 e. The fraction of sp³-hybridized carbons (Fsp3) is 0.0667. The van der Waals surface area contributed by atoms with Crippen molar-refractivity contribution in [3.8, 4) is 5.75 Å². The second kappa shape index (κ2) is 5.71. The Bertz CT molecular complexity index is 683. The molecule has 0 radical (unpaired) electrons. The minimum atomic E-state index is -0.383. The van der Waals surface area contributed by atoms with Gasteiger partial charge in [0.15, 0.2) is 0 Å². The van der Waals surface area contributed by atoms with Gasteiger partial charge < -0.3 is 16.2 Å². The van der Waals surface area contributed by atoms with Gasteiger partial charge in [0.2, 0.25) is 0 Å². The Morgan fingerprint density at radius 3 is 2.70 bits per heavy atom. The molecule has 0 heterocycles. The normalized spacial score (nSPS) is 10.1. The van der Waals surface area contributed by atoms with E-state index in [1.807, 2.05) is 6.92 Å². The molecule has 20 heavy (non-hydrogen) atoms. The van der Waals surface area contributed by atoms with E-state index in [0.717, 1.165) is 5.56 Å². The maximum atomic E-state index is 12.1. The Labute approximate surface area is 122 Å². The summed E-state index contributed by atoms with van der Waals surface area (Å²) in [6.07, 6.45) is 0. The van der Waals surface area contributed by atoms with Gasteiger partial charge in [-0.05, 0) is 31.2 Å². The molecule has 2 aromatic rings. The number of amides is 1. The lowest BCUT2D eigenvalue weighted by Gasteiger charge is -2.08. The molecule has 0 aromatic heterocycles. The highest BCUT2D eigenvalue weighted by Crippen LogP contribution is 2.20. The van der Waals surface area contributed by atoms with E-state index in [-0.39, 0.29) is 22.2 Å². The zero-order valence-corrected chi connectivity index (χ0v) is 11.7. The molecule has 5 heteroatoms. The molecule has 0 saturated heterocycles. The van der Waals surface area contributed by atoms with Gasteiger partial charge in [-0.3, -0.25) is 4.79 Å². The van der Waals surface area contributed by atoms with E-state index in [1.54, 1.807) is 36.4 Å². The summed E-state index contributed by atoms with van der Waals surface area (Å²) >= 11 is 4.89. The molecule has 102 valence electrons. The average Bonchev–Trinajstić information content (AvgIpc) is 2.41. The minimum Gasteiger partial charge on any atom is -0.507 e. The smallest absolute Gasteiger partial charge is 0.259 e. The van der Waals surface area contributed by atoms with E-state index < -0.39 is 0 Å². The topological polar surface area (TPSA) is 75.3 Å². The van der Waals surface area contributed by atoms with E-state index in [0.29, 0.717) is 11.3 Å². The fourth-order valence-electron chi connectivity index (χ4n) is 1.78. The third-order valence-electron chi connectivity index (χ3n) is 2.80. The molecule has 0 aliphatic heterocycles. The molecule has 0 bridgehead atoms. The van der Waals surface area contributed by atoms with Crippen LogP contribution in [0.25, 0.3) is 0 Å². The van der Waals surface area contributed by atoms with Crippen LogP contribution in [0.2, 0.25) is 0 Å². The first-order valence-electron chi connectivity index (χ1n) is 5.98. The lowest BCUT2D eigenvalue weighted by Crippen LogP contribution is -2.14. The number of thiocarbonyl (C=S) groups is 1. The summed E-state index contributed by atoms with van der Waals surface area (Å²) < 4.78 is 0. The Morgan fingerprint density at radius 1 is 1.25 bits per heavy atom. The van der Waals surface area contributed by atoms with Gasteiger partial charge >= 0.3 is 0 Å². The van der Waals surface area contributed by atoms with Crippen molar-refractivity contribution < 1.29 is 9.90 Å². The molecule has 2 rings (SSSR count). The molecule has 0 spiro atoms. The Kier molecular flexibility index (Phi) is 4.00. The molecule has 0 unspecified atom stereocenters. The molecule has 0 fully saturated rings. The van der Waals surface area contributed by atoms with Crippen LogP contribution in [0.5, 0.6) is 5.75 Å². The highest BCUT2D eigenvalue weighted by Gasteiger charge is 2.11. The second-order valence-electron chi connectivity index (χ2n) is 4.42. The zero-order chi connectivity index (χ0) is 14.7. The lowest BCUT2D eigenvalue weighted by molar-refractivity contribution is 0.102. The molecule has 2 aromatic carbocycles. The molecule has 4 nitrogen and oxygen atoms in total. The number of carbonyl (C=O) groups is 1. The third kappa shape index (κ3) is 3.13. The predicted molar refractivity (Wildman–Crippen MR) is 83.1 cm³/mol. The summed E-state index contributed by atoms with van der Waals surface area (Å²) in [5.74, 6) is -0.440. The van der Waals surface area contributed by atoms with E-state index in [2.05, 4.69) is 5.32 Å². The Hall–Kier alpha value is -2.40. The summed E-state index contributed by atoms with van der Waals surface area (Å²) in [5, 5.41) is 12.4. The van der Waals surface area contributed by atoms with E-state index in [4.69, 9.17) is 18.0 Å². The average molecular weight is 286 g/mol. The zero-order valence-electron chi connectivity index (χ0n) is 10.9. The first kappa shape index (κ1) is 14.0. The summed E-state index contributed by atoms with van der Waals surface area (Å²) in [6.45, 7) is 1.85. The number of carbonyl (C=O) groups excluding carboxylic acids is 1. The monoisotopic (exact) mass is 286 g/mol. The number of hydrogen-bond acceptors (Lipinski definition) is 3. The maximum absolute atomic E-state index is 12.1. The first-order valence-corrected chi connectivity index (χ1v) is 6.39. The molecular formula is C15H14N2O2S. The quantitative estimate of drug-likeness (QED) is 0.758. The van der Waals surface area contributed by atoms with Crippen LogP contribution >= 0.6 is 12.2 Å². The molecule has 1 amide bonds. The molecule has 0 saturated carbocycles. The van der Waals surface area contributed by atoms with Crippen molar-refractivity contribution in [1.82, 2.24) is 0 Å². The first-order chi connectivity index (χ1) is 9.47. The summed E-state index contributed by atoms with van der Waals surface area (Å²) in [6, 6.07) is 11.8. The number of phenolic OH excluding ortho intramolecular Hbond substituents is 1. The number of phenols is 1. The van der Waals surface area contributed by atoms with Gasteiger partial charge in [0, 0.05) is 11.3 Å². The summed E-state index contributed by atoms with van der Waals surface area (Å²) in [4.78, 5) is 12.4. The lowest BCUT2D eigenvalue weighted by atomic mass is 10.1. The fourth-order valence-corrected chi connectivity index (χ4v) is 1.91. The van der Waals surface area contributed by atoms with Crippen LogP contribution in [0.1, 0.15) is 21.5 Å². The van der Waals surface area contributed by atoms with Crippen molar-refractivity contribution in [3.05, 3.63) is 59.2 Å². The van der Waals surface area contributed by atoms with Crippen molar-refractivity contribution in [3.63, 3.8) is 0 Å². The maximum Gasteiger partial charge on any atom is 0.259 e. The number of rotatable bonds is 3. The van der Waals surface area contributed by atoms with Crippen LogP contribution < -0.4 is 11.1 Å².